The third kappa shape index (κ3) is 3.95. The predicted octanol–water partition coefficient (Wildman–Crippen LogP) is 3.73. The summed E-state index contributed by atoms with van der Waals surface area (Å²) < 4.78 is 0. The van der Waals surface area contributed by atoms with Crippen molar-refractivity contribution in [3.63, 3.8) is 0 Å². The number of aromatic nitrogens is 3. The largest absolute Gasteiger partial charge is 0.354 e. The number of nitrogens with zero attached hydrogens (tertiary/aromatic N) is 3. The molecule has 0 bridgehead atoms. The fourth-order valence-corrected chi connectivity index (χ4v) is 2.81. The van der Waals surface area contributed by atoms with E-state index in [0.717, 1.165) is 19.4 Å². The van der Waals surface area contributed by atoms with Crippen LogP contribution in [0.2, 0.25) is 5.28 Å². The molecule has 1 unspecified atom stereocenters. The highest BCUT2D eigenvalue weighted by molar-refractivity contribution is 6.28. The van der Waals surface area contributed by atoms with Crippen LogP contribution in [0.3, 0.4) is 0 Å². The van der Waals surface area contributed by atoms with Gasteiger partial charge < -0.3 is 10.6 Å². The summed E-state index contributed by atoms with van der Waals surface area (Å²) in [4.78, 5) is 12.7. The first-order chi connectivity index (χ1) is 9.51. The van der Waals surface area contributed by atoms with Crippen molar-refractivity contribution < 1.29 is 0 Å². The molecule has 1 atom stereocenters. The van der Waals surface area contributed by atoms with E-state index >= 15 is 0 Å². The number of hydrogen-bond donors (Lipinski definition) is 2. The second-order valence-electron chi connectivity index (χ2n) is 6.11. The molecular weight excluding hydrogens is 274 g/mol. The van der Waals surface area contributed by atoms with Gasteiger partial charge in [0.25, 0.3) is 0 Å². The van der Waals surface area contributed by atoms with E-state index < -0.39 is 0 Å². The summed E-state index contributed by atoms with van der Waals surface area (Å²) in [6, 6.07) is 0.383. The van der Waals surface area contributed by atoms with Gasteiger partial charge in [-0.05, 0) is 36.3 Å². The summed E-state index contributed by atoms with van der Waals surface area (Å²) in [7, 11) is 0. The molecule has 1 saturated carbocycles. The van der Waals surface area contributed by atoms with Gasteiger partial charge >= 0.3 is 0 Å². The SMILES string of the molecule is CCCNc1nc(Cl)nc(NC2CCCCC2(C)C)n1. The Morgan fingerprint density at radius 3 is 2.65 bits per heavy atom. The van der Waals surface area contributed by atoms with Gasteiger partial charge in [0.05, 0.1) is 0 Å². The molecule has 1 aliphatic carbocycles. The Morgan fingerprint density at radius 2 is 1.95 bits per heavy atom. The van der Waals surface area contributed by atoms with Gasteiger partial charge in [-0.15, -0.1) is 0 Å². The van der Waals surface area contributed by atoms with E-state index in [4.69, 9.17) is 11.6 Å². The van der Waals surface area contributed by atoms with Crippen molar-refractivity contribution in [2.45, 2.75) is 58.9 Å². The van der Waals surface area contributed by atoms with Crippen LogP contribution < -0.4 is 10.6 Å². The van der Waals surface area contributed by atoms with Crippen LogP contribution in [0.15, 0.2) is 0 Å². The molecule has 112 valence electrons. The van der Waals surface area contributed by atoms with Crippen LogP contribution >= 0.6 is 11.6 Å². The Morgan fingerprint density at radius 1 is 1.20 bits per heavy atom. The standard InChI is InChI=1S/C14H24ClN5/c1-4-9-16-12-18-11(15)19-13(20-12)17-10-7-5-6-8-14(10,2)3/h10H,4-9H2,1-3H3,(H2,16,17,18,19,20). The van der Waals surface area contributed by atoms with Crippen LogP contribution in [0.1, 0.15) is 52.9 Å². The van der Waals surface area contributed by atoms with E-state index in [1.54, 1.807) is 0 Å². The fraction of sp³-hybridized carbons (Fsp3) is 0.786. The third-order valence-corrected chi connectivity index (χ3v) is 4.12. The highest BCUT2D eigenvalue weighted by Crippen LogP contribution is 2.36. The molecule has 0 aliphatic heterocycles. The van der Waals surface area contributed by atoms with Crippen molar-refractivity contribution in [3.05, 3.63) is 5.28 Å². The molecule has 1 aromatic rings. The first-order valence-corrected chi connectivity index (χ1v) is 7.81. The van der Waals surface area contributed by atoms with Gasteiger partial charge in [-0.2, -0.15) is 15.0 Å². The molecule has 2 N–H and O–H groups in total. The lowest BCUT2D eigenvalue weighted by Crippen LogP contribution is -2.39. The molecule has 0 radical (unpaired) electrons. The monoisotopic (exact) mass is 297 g/mol. The zero-order chi connectivity index (χ0) is 14.6. The van der Waals surface area contributed by atoms with E-state index in [-0.39, 0.29) is 10.7 Å². The quantitative estimate of drug-likeness (QED) is 0.867. The molecule has 5 nitrogen and oxygen atoms in total. The van der Waals surface area contributed by atoms with Gasteiger partial charge in [0.1, 0.15) is 0 Å². The van der Waals surface area contributed by atoms with Crippen LogP contribution in [0.5, 0.6) is 0 Å². The van der Waals surface area contributed by atoms with Gasteiger partial charge in [-0.25, -0.2) is 0 Å². The smallest absolute Gasteiger partial charge is 0.229 e. The first kappa shape index (κ1) is 15.3. The number of rotatable bonds is 5. The minimum Gasteiger partial charge on any atom is -0.354 e. The van der Waals surface area contributed by atoms with Crippen LogP contribution in [0.4, 0.5) is 11.9 Å². The lowest BCUT2D eigenvalue weighted by molar-refractivity contribution is 0.216. The van der Waals surface area contributed by atoms with Crippen molar-refractivity contribution >= 4 is 23.5 Å². The third-order valence-electron chi connectivity index (χ3n) is 3.95. The molecule has 1 heterocycles. The molecule has 20 heavy (non-hydrogen) atoms. The van der Waals surface area contributed by atoms with Crippen LogP contribution in [-0.4, -0.2) is 27.5 Å². The maximum absolute atomic E-state index is 5.98. The zero-order valence-corrected chi connectivity index (χ0v) is 13.3. The number of nitrogens with one attached hydrogen (secondary N) is 2. The number of hydrogen-bond acceptors (Lipinski definition) is 5. The Hall–Kier alpha value is -1.10. The highest BCUT2D eigenvalue weighted by Gasteiger charge is 2.32. The second kappa shape index (κ2) is 6.57. The lowest BCUT2D eigenvalue weighted by Gasteiger charge is -2.39. The second-order valence-corrected chi connectivity index (χ2v) is 6.45. The number of anilines is 2. The Labute approximate surface area is 126 Å². The molecule has 0 spiro atoms. The summed E-state index contributed by atoms with van der Waals surface area (Å²) in [6.07, 6.45) is 5.94. The van der Waals surface area contributed by atoms with E-state index in [1.807, 2.05) is 0 Å². The normalized spacial score (nSPS) is 21.5. The van der Waals surface area contributed by atoms with Crippen molar-refractivity contribution in [3.8, 4) is 0 Å². The summed E-state index contributed by atoms with van der Waals surface area (Å²) in [5, 5.41) is 6.82. The van der Waals surface area contributed by atoms with Gasteiger partial charge in [0, 0.05) is 12.6 Å². The van der Waals surface area contributed by atoms with Crippen LogP contribution in [-0.2, 0) is 0 Å². The molecule has 1 aliphatic rings. The van der Waals surface area contributed by atoms with Crippen LogP contribution in [0.25, 0.3) is 0 Å². The molecule has 1 fully saturated rings. The van der Waals surface area contributed by atoms with Gasteiger partial charge in [-0.3, -0.25) is 0 Å². The average molecular weight is 298 g/mol. The Kier molecular flexibility index (Phi) is 5.02. The minimum absolute atomic E-state index is 0.231. The van der Waals surface area contributed by atoms with Crippen molar-refractivity contribution in [1.82, 2.24) is 15.0 Å². The van der Waals surface area contributed by atoms with Crippen molar-refractivity contribution in [2.24, 2.45) is 5.41 Å². The topological polar surface area (TPSA) is 62.7 Å². The van der Waals surface area contributed by atoms with Gasteiger partial charge in [0.15, 0.2) is 0 Å². The highest BCUT2D eigenvalue weighted by atomic mass is 35.5. The molecule has 2 rings (SSSR count). The molecule has 6 heteroatoms. The van der Waals surface area contributed by atoms with E-state index in [9.17, 15) is 0 Å². The summed E-state index contributed by atoms with van der Waals surface area (Å²) in [5.41, 5.74) is 0.258. The van der Waals surface area contributed by atoms with Crippen molar-refractivity contribution in [2.75, 3.05) is 17.2 Å². The Balaban J connectivity index is 2.09. The maximum Gasteiger partial charge on any atom is 0.229 e. The van der Waals surface area contributed by atoms with Gasteiger partial charge in [-0.1, -0.05) is 33.6 Å². The average Bonchev–Trinajstić information content (AvgIpc) is 2.38. The van der Waals surface area contributed by atoms with E-state index in [1.165, 1.54) is 19.3 Å². The Bertz CT molecular complexity index is 449. The minimum atomic E-state index is 0.231. The lowest BCUT2D eigenvalue weighted by atomic mass is 9.73. The fourth-order valence-electron chi connectivity index (χ4n) is 2.65. The molecule has 0 saturated heterocycles. The van der Waals surface area contributed by atoms with Gasteiger partial charge in [0.2, 0.25) is 17.2 Å². The van der Waals surface area contributed by atoms with Crippen molar-refractivity contribution in [1.29, 1.82) is 0 Å². The molecule has 1 aromatic heterocycles. The summed E-state index contributed by atoms with van der Waals surface area (Å²) >= 11 is 5.98. The van der Waals surface area contributed by atoms with Crippen LogP contribution in [0, 0.1) is 5.41 Å². The molecule has 0 aromatic carbocycles. The predicted molar refractivity (Wildman–Crippen MR) is 83.3 cm³/mol. The summed E-state index contributed by atoms with van der Waals surface area (Å²) in [5.74, 6) is 1.12. The summed E-state index contributed by atoms with van der Waals surface area (Å²) in [6.45, 7) is 7.51. The molecule has 0 amide bonds. The first-order valence-electron chi connectivity index (χ1n) is 7.43. The molecular formula is C14H24ClN5. The zero-order valence-electron chi connectivity index (χ0n) is 12.5. The van der Waals surface area contributed by atoms with E-state index in [2.05, 4.69) is 46.4 Å². The number of halogens is 1. The van der Waals surface area contributed by atoms with E-state index in [0.29, 0.717) is 17.9 Å². The maximum atomic E-state index is 5.98.